The van der Waals surface area contributed by atoms with Gasteiger partial charge in [0.05, 0.1) is 10.6 Å². The van der Waals surface area contributed by atoms with Gasteiger partial charge >= 0.3 is 0 Å². The fourth-order valence-electron chi connectivity index (χ4n) is 2.89. The van der Waals surface area contributed by atoms with Crippen LogP contribution in [0.3, 0.4) is 0 Å². The van der Waals surface area contributed by atoms with E-state index >= 15 is 0 Å². The lowest BCUT2D eigenvalue weighted by Crippen LogP contribution is -2.40. The van der Waals surface area contributed by atoms with Crippen LogP contribution in [-0.4, -0.2) is 42.5 Å². The number of aromatic nitrogens is 1. The third kappa shape index (κ3) is 3.42. The second kappa shape index (κ2) is 6.50. The van der Waals surface area contributed by atoms with Crippen LogP contribution in [0.5, 0.6) is 0 Å². The van der Waals surface area contributed by atoms with Gasteiger partial charge < -0.3 is 4.90 Å². The number of hydrogen-bond acceptors (Lipinski definition) is 4. The van der Waals surface area contributed by atoms with Crippen molar-refractivity contribution in [3.63, 3.8) is 0 Å². The summed E-state index contributed by atoms with van der Waals surface area (Å²) in [6, 6.07) is 13.2. The van der Waals surface area contributed by atoms with E-state index in [2.05, 4.69) is 4.98 Å². The number of pyridine rings is 1. The minimum atomic E-state index is -3.41. The lowest BCUT2D eigenvalue weighted by molar-refractivity contribution is 0.0743. The van der Waals surface area contributed by atoms with Crippen LogP contribution in [0, 0.1) is 0 Å². The van der Waals surface area contributed by atoms with Gasteiger partial charge in [-0.15, -0.1) is 0 Å². The molecule has 0 saturated carbocycles. The summed E-state index contributed by atoms with van der Waals surface area (Å²) in [5.41, 5.74) is 0.358. The Bertz CT molecular complexity index is 776. The van der Waals surface area contributed by atoms with Gasteiger partial charge in [0.2, 0.25) is 0 Å². The molecule has 5 nitrogen and oxygen atoms in total. The molecule has 6 heteroatoms. The topological polar surface area (TPSA) is 67.3 Å². The van der Waals surface area contributed by atoms with Crippen molar-refractivity contribution in [2.45, 2.75) is 23.8 Å². The fraction of sp³-hybridized carbons (Fsp3) is 0.294. The van der Waals surface area contributed by atoms with E-state index in [1.54, 1.807) is 59.6 Å². The van der Waals surface area contributed by atoms with Gasteiger partial charge in [-0.05, 0) is 37.1 Å². The second-order valence-corrected chi connectivity index (χ2v) is 7.64. The number of carbonyl (C=O) groups excluding carboxylic acids is 1. The minimum Gasteiger partial charge on any atom is -0.333 e. The van der Waals surface area contributed by atoms with Crippen molar-refractivity contribution in [2.24, 2.45) is 0 Å². The molecule has 1 fully saturated rings. The molecule has 1 saturated heterocycles. The molecule has 1 aromatic carbocycles. The summed E-state index contributed by atoms with van der Waals surface area (Å²) in [4.78, 5) is 18.6. The molecule has 120 valence electrons. The molecule has 0 N–H and O–H groups in total. The lowest BCUT2D eigenvalue weighted by atomic mass is 10.2. The maximum Gasteiger partial charge on any atom is 0.272 e. The second-order valence-electron chi connectivity index (χ2n) is 5.60. The monoisotopic (exact) mass is 330 g/mol. The molecule has 0 aliphatic carbocycles. The Labute approximate surface area is 135 Å². The van der Waals surface area contributed by atoms with Crippen molar-refractivity contribution in [3.05, 3.63) is 60.4 Å². The smallest absolute Gasteiger partial charge is 0.272 e. The average molecular weight is 330 g/mol. The molecule has 2 aromatic rings. The van der Waals surface area contributed by atoms with Gasteiger partial charge in [0.25, 0.3) is 5.91 Å². The molecule has 23 heavy (non-hydrogen) atoms. The summed E-state index contributed by atoms with van der Waals surface area (Å²) in [6.45, 7) is 0.574. The van der Waals surface area contributed by atoms with Crippen molar-refractivity contribution >= 4 is 15.7 Å². The van der Waals surface area contributed by atoms with E-state index in [-0.39, 0.29) is 17.7 Å². The number of sulfone groups is 1. The summed E-state index contributed by atoms with van der Waals surface area (Å²) in [7, 11) is -3.41. The van der Waals surface area contributed by atoms with Crippen LogP contribution < -0.4 is 0 Å². The number of carbonyl (C=O) groups is 1. The summed E-state index contributed by atoms with van der Waals surface area (Å²) in [5, 5.41) is 0. The van der Waals surface area contributed by atoms with Crippen molar-refractivity contribution in [2.75, 3.05) is 12.3 Å². The van der Waals surface area contributed by atoms with Gasteiger partial charge in [-0.2, -0.15) is 0 Å². The zero-order chi connectivity index (χ0) is 16.3. The molecule has 2 heterocycles. The molecule has 0 unspecified atom stereocenters. The Morgan fingerprint density at radius 1 is 1.13 bits per heavy atom. The molecule has 1 atom stereocenters. The van der Waals surface area contributed by atoms with E-state index < -0.39 is 9.84 Å². The fourth-order valence-corrected chi connectivity index (χ4v) is 4.51. The quantitative estimate of drug-likeness (QED) is 0.861. The molecule has 1 aliphatic rings. The van der Waals surface area contributed by atoms with E-state index in [4.69, 9.17) is 0 Å². The van der Waals surface area contributed by atoms with Gasteiger partial charge in [-0.25, -0.2) is 8.42 Å². The van der Waals surface area contributed by atoms with E-state index in [1.807, 2.05) is 0 Å². The van der Waals surface area contributed by atoms with Crippen molar-refractivity contribution in [1.29, 1.82) is 0 Å². The maximum atomic E-state index is 12.5. The van der Waals surface area contributed by atoms with Crippen LogP contribution in [-0.2, 0) is 9.84 Å². The zero-order valence-electron chi connectivity index (χ0n) is 12.6. The average Bonchev–Trinajstić information content (AvgIpc) is 3.03. The minimum absolute atomic E-state index is 0.0460. The number of rotatable bonds is 4. The summed E-state index contributed by atoms with van der Waals surface area (Å²) in [5.74, 6) is -0.244. The Morgan fingerprint density at radius 2 is 1.87 bits per heavy atom. The van der Waals surface area contributed by atoms with E-state index in [0.29, 0.717) is 23.6 Å². The summed E-state index contributed by atoms with van der Waals surface area (Å²) in [6.07, 6.45) is 3.08. The molecule has 0 spiro atoms. The van der Waals surface area contributed by atoms with Crippen molar-refractivity contribution < 1.29 is 13.2 Å². The van der Waals surface area contributed by atoms with Gasteiger partial charge in [-0.1, -0.05) is 24.3 Å². The molecular weight excluding hydrogens is 312 g/mol. The van der Waals surface area contributed by atoms with E-state index in [1.165, 1.54) is 0 Å². The first kappa shape index (κ1) is 15.7. The van der Waals surface area contributed by atoms with Crippen molar-refractivity contribution in [3.8, 4) is 0 Å². The Balaban J connectivity index is 1.79. The number of nitrogens with zero attached hydrogens (tertiary/aromatic N) is 2. The Morgan fingerprint density at radius 3 is 2.57 bits per heavy atom. The summed E-state index contributed by atoms with van der Waals surface area (Å²) < 4.78 is 25.1. The molecule has 1 aromatic heterocycles. The maximum absolute atomic E-state index is 12.5. The highest BCUT2D eigenvalue weighted by Crippen LogP contribution is 2.23. The predicted molar refractivity (Wildman–Crippen MR) is 86.8 cm³/mol. The third-order valence-electron chi connectivity index (χ3n) is 4.04. The number of likely N-dealkylation sites (tertiary alicyclic amines) is 1. The molecule has 3 rings (SSSR count). The molecular formula is C17H18N2O3S. The van der Waals surface area contributed by atoms with E-state index in [9.17, 15) is 13.2 Å². The van der Waals surface area contributed by atoms with Crippen LogP contribution in [0.25, 0.3) is 0 Å². The first-order valence-electron chi connectivity index (χ1n) is 7.58. The standard InChI is InChI=1S/C17H18N2O3S/c20-17(16-10-4-5-11-18-16)19-12-6-7-14(19)13-23(21,22)15-8-2-1-3-9-15/h1-5,8-11,14H,6-7,12-13H2/t14-/m0/s1. The van der Waals surface area contributed by atoms with Crippen LogP contribution in [0.1, 0.15) is 23.3 Å². The zero-order valence-corrected chi connectivity index (χ0v) is 13.4. The highest BCUT2D eigenvalue weighted by Gasteiger charge is 2.33. The molecule has 0 radical (unpaired) electrons. The summed E-state index contributed by atoms with van der Waals surface area (Å²) >= 11 is 0. The van der Waals surface area contributed by atoms with Crippen molar-refractivity contribution in [1.82, 2.24) is 9.88 Å². The SMILES string of the molecule is O=C(c1ccccn1)N1CCC[C@H]1CS(=O)(=O)c1ccccc1. The van der Waals surface area contributed by atoms with Crippen LogP contribution in [0.2, 0.25) is 0 Å². The highest BCUT2D eigenvalue weighted by atomic mass is 32.2. The van der Waals surface area contributed by atoms with Crippen LogP contribution in [0.4, 0.5) is 0 Å². The van der Waals surface area contributed by atoms with Crippen LogP contribution in [0.15, 0.2) is 59.6 Å². The number of amides is 1. The third-order valence-corrected chi connectivity index (χ3v) is 5.85. The predicted octanol–water partition coefficient (Wildman–Crippen LogP) is 2.16. The molecule has 0 bridgehead atoms. The Kier molecular flexibility index (Phi) is 4.43. The highest BCUT2D eigenvalue weighted by molar-refractivity contribution is 7.91. The van der Waals surface area contributed by atoms with Gasteiger partial charge in [0, 0.05) is 18.8 Å². The van der Waals surface area contributed by atoms with Gasteiger partial charge in [0.1, 0.15) is 5.69 Å². The normalized spacial score (nSPS) is 18.1. The molecule has 1 amide bonds. The number of benzene rings is 1. The first-order valence-corrected chi connectivity index (χ1v) is 9.23. The molecule has 1 aliphatic heterocycles. The van der Waals surface area contributed by atoms with Gasteiger partial charge in [0.15, 0.2) is 9.84 Å². The van der Waals surface area contributed by atoms with Gasteiger partial charge in [-0.3, -0.25) is 9.78 Å². The lowest BCUT2D eigenvalue weighted by Gasteiger charge is -2.24. The van der Waals surface area contributed by atoms with Crippen LogP contribution >= 0.6 is 0 Å². The largest absolute Gasteiger partial charge is 0.333 e. The first-order chi connectivity index (χ1) is 11.1. The number of hydrogen-bond donors (Lipinski definition) is 0. The Hall–Kier alpha value is -2.21. The van der Waals surface area contributed by atoms with E-state index in [0.717, 1.165) is 6.42 Å².